The normalized spacial score (nSPS) is 9.71. The van der Waals surface area contributed by atoms with Crippen LogP contribution in [0.25, 0.3) is 0 Å². The predicted octanol–water partition coefficient (Wildman–Crippen LogP) is 2.70. The van der Waals surface area contributed by atoms with Gasteiger partial charge in [0.1, 0.15) is 0 Å². The third kappa shape index (κ3) is 9.67. The number of amides is 1. The molecule has 1 N–H and O–H groups in total. The number of allylic oxidation sites excluding steroid dienone is 2. The molecule has 0 aromatic carbocycles. The van der Waals surface area contributed by atoms with E-state index in [1.807, 2.05) is 6.08 Å². The van der Waals surface area contributed by atoms with Crippen LogP contribution in [-0.4, -0.2) is 31.4 Å². The van der Waals surface area contributed by atoms with Gasteiger partial charge in [-0.05, 0) is 25.7 Å². The van der Waals surface area contributed by atoms with Gasteiger partial charge in [0.05, 0.1) is 0 Å². The Balaban J connectivity index is 3.37. The fourth-order valence-corrected chi connectivity index (χ4v) is 1.61. The second-order valence-electron chi connectivity index (χ2n) is 4.30. The zero-order chi connectivity index (χ0) is 12.9. The third-order valence-electron chi connectivity index (χ3n) is 2.82. The summed E-state index contributed by atoms with van der Waals surface area (Å²) < 4.78 is 0. The molecule has 0 aliphatic carbocycles. The van der Waals surface area contributed by atoms with Crippen molar-refractivity contribution in [3.63, 3.8) is 0 Å². The van der Waals surface area contributed by atoms with Crippen molar-refractivity contribution in [3.8, 4) is 0 Å². The number of carbonyl (C=O) groups is 1. The van der Waals surface area contributed by atoms with Crippen LogP contribution in [0.1, 0.15) is 38.5 Å². The van der Waals surface area contributed by atoms with E-state index in [9.17, 15) is 4.79 Å². The zero-order valence-electron chi connectivity index (χ0n) is 11.1. The first-order valence-corrected chi connectivity index (χ1v) is 6.39. The van der Waals surface area contributed by atoms with Crippen molar-refractivity contribution < 1.29 is 4.79 Å². The average Bonchev–Trinajstić information content (AvgIpc) is 2.34. The summed E-state index contributed by atoms with van der Waals surface area (Å²) in [7, 11) is 2.10. The van der Waals surface area contributed by atoms with Crippen molar-refractivity contribution >= 4 is 6.41 Å². The molecule has 0 bridgehead atoms. The van der Waals surface area contributed by atoms with E-state index in [-0.39, 0.29) is 0 Å². The second kappa shape index (κ2) is 11.2. The van der Waals surface area contributed by atoms with E-state index in [1.54, 1.807) is 0 Å². The molecule has 0 aromatic heterocycles. The molecular weight excluding hydrogens is 212 g/mol. The molecule has 0 spiro atoms. The van der Waals surface area contributed by atoms with Gasteiger partial charge in [-0.25, -0.2) is 0 Å². The minimum atomic E-state index is 0.761. The highest BCUT2D eigenvalue weighted by Gasteiger charge is 2.00. The standard InChI is InChI=1S/C14H26N2O/c1-4-5-10-14(2)16(3)12-9-7-6-8-11-15-13-17/h4,13H,1-2,5-12H2,3H3,(H,15,17). The van der Waals surface area contributed by atoms with Crippen LogP contribution in [0.3, 0.4) is 0 Å². The maximum atomic E-state index is 10.0. The van der Waals surface area contributed by atoms with Gasteiger partial charge in [0.15, 0.2) is 0 Å². The molecule has 0 atom stereocenters. The van der Waals surface area contributed by atoms with Crippen molar-refractivity contribution in [2.75, 3.05) is 20.1 Å². The van der Waals surface area contributed by atoms with Gasteiger partial charge in [-0.2, -0.15) is 0 Å². The average molecular weight is 238 g/mol. The van der Waals surface area contributed by atoms with E-state index < -0.39 is 0 Å². The van der Waals surface area contributed by atoms with Crippen LogP contribution in [0.15, 0.2) is 24.9 Å². The van der Waals surface area contributed by atoms with Crippen molar-refractivity contribution in [1.82, 2.24) is 10.2 Å². The van der Waals surface area contributed by atoms with E-state index in [4.69, 9.17) is 0 Å². The van der Waals surface area contributed by atoms with E-state index >= 15 is 0 Å². The molecule has 1 amide bonds. The Labute approximate surface area is 106 Å². The number of unbranched alkanes of at least 4 members (excludes halogenated alkanes) is 3. The minimum Gasteiger partial charge on any atom is -0.378 e. The lowest BCUT2D eigenvalue weighted by Gasteiger charge is -2.21. The lowest BCUT2D eigenvalue weighted by Crippen LogP contribution is -2.18. The molecule has 17 heavy (non-hydrogen) atoms. The number of rotatable bonds is 12. The van der Waals surface area contributed by atoms with Crippen LogP contribution in [0.4, 0.5) is 0 Å². The lowest BCUT2D eigenvalue weighted by molar-refractivity contribution is -0.109. The second-order valence-corrected chi connectivity index (χ2v) is 4.30. The van der Waals surface area contributed by atoms with E-state index in [1.165, 1.54) is 25.0 Å². The lowest BCUT2D eigenvalue weighted by atomic mass is 10.1. The number of nitrogens with one attached hydrogen (secondary N) is 1. The molecule has 0 fully saturated rings. The summed E-state index contributed by atoms with van der Waals surface area (Å²) in [5.41, 5.74) is 1.19. The van der Waals surface area contributed by atoms with Gasteiger partial charge in [0.2, 0.25) is 6.41 Å². The Morgan fingerprint density at radius 2 is 2.00 bits per heavy atom. The largest absolute Gasteiger partial charge is 0.378 e. The summed E-state index contributed by atoms with van der Waals surface area (Å²) in [5.74, 6) is 0. The fourth-order valence-electron chi connectivity index (χ4n) is 1.61. The summed E-state index contributed by atoms with van der Waals surface area (Å²) in [6.45, 7) is 9.64. The van der Waals surface area contributed by atoms with Crippen molar-refractivity contribution in [2.24, 2.45) is 0 Å². The Bertz CT molecular complexity index is 226. The molecule has 98 valence electrons. The summed E-state index contributed by atoms with van der Waals surface area (Å²) in [6, 6.07) is 0. The maximum absolute atomic E-state index is 10.0. The van der Waals surface area contributed by atoms with Gasteiger partial charge in [-0.15, -0.1) is 6.58 Å². The molecule has 0 aliphatic heterocycles. The predicted molar refractivity (Wildman–Crippen MR) is 73.7 cm³/mol. The molecule has 3 heteroatoms. The first kappa shape index (κ1) is 15.8. The molecule has 0 heterocycles. The van der Waals surface area contributed by atoms with Gasteiger partial charge in [-0.1, -0.05) is 25.5 Å². The Morgan fingerprint density at radius 1 is 1.29 bits per heavy atom. The van der Waals surface area contributed by atoms with E-state index in [0.717, 1.165) is 38.8 Å². The molecule has 0 unspecified atom stereocenters. The molecular formula is C14H26N2O. The maximum Gasteiger partial charge on any atom is 0.207 e. The topological polar surface area (TPSA) is 32.3 Å². The minimum absolute atomic E-state index is 0.761. The Kier molecular flexibility index (Phi) is 10.4. The van der Waals surface area contributed by atoms with Gasteiger partial charge in [0.25, 0.3) is 0 Å². The van der Waals surface area contributed by atoms with Crippen molar-refractivity contribution in [3.05, 3.63) is 24.9 Å². The number of nitrogens with zero attached hydrogens (tertiary/aromatic N) is 1. The molecule has 0 rings (SSSR count). The highest BCUT2D eigenvalue weighted by molar-refractivity contribution is 5.45. The molecule has 0 aromatic rings. The first-order valence-electron chi connectivity index (χ1n) is 6.39. The SMILES string of the molecule is C=CCCC(=C)N(C)CCCCCCNC=O. The number of hydrogen-bond donors (Lipinski definition) is 1. The highest BCUT2D eigenvalue weighted by Crippen LogP contribution is 2.09. The molecule has 0 saturated carbocycles. The monoisotopic (exact) mass is 238 g/mol. The Hall–Kier alpha value is -1.25. The van der Waals surface area contributed by atoms with Gasteiger partial charge < -0.3 is 10.2 Å². The third-order valence-corrected chi connectivity index (χ3v) is 2.82. The van der Waals surface area contributed by atoms with Crippen LogP contribution in [0, 0.1) is 0 Å². The summed E-state index contributed by atoms with van der Waals surface area (Å²) >= 11 is 0. The van der Waals surface area contributed by atoms with Gasteiger partial charge in [-0.3, -0.25) is 4.79 Å². The Morgan fingerprint density at radius 3 is 2.65 bits per heavy atom. The smallest absolute Gasteiger partial charge is 0.207 e. The molecule has 0 saturated heterocycles. The van der Waals surface area contributed by atoms with E-state index in [2.05, 4.69) is 30.4 Å². The number of carbonyl (C=O) groups excluding carboxylic acids is 1. The van der Waals surface area contributed by atoms with E-state index in [0.29, 0.717) is 0 Å². The summed E-state index contributed by atoms with van der Waals surface area (Å²) in [5, 5.41) is 2.67. The van der Waals surface area contributed by atoms with Crippen molar-refractivity contribution in [2.45, 2.75) is 38.5 Å². The van der Waals surface area contributed by atoms with Crippen LogP contribution >= 0.6 is 0 Å². The zero-order valence-corrected chi connectivity index (χ0v) is 11.1. The van der Waals surface area contributed by atoms with Crippen LogP contribution in [0.5, 0.6) is 0 Å². The fraction of sp³-hybridized carbons (Fsp3) is 0.643. The van der Waals surface area contributed by atoms with Crippen LogP contribution in [0.2, 0.25) is 0 Å². The summed E-state index contributed by atoms with van der Waals surface area (Å²) in [6.07, 6.45) is 9.33. The van der Waals surface area contributed by atoms with Crippen LogP contribution < -0.4 is 5.32 Å². The number of hydrogen-bond acceptors (Lipinski definition) is 2. The molecule has 0 aliphatic rings. The quantitative estimate of drug-likeness (QED) is 0.322. The van der Waals surface area contributed by atoms with Crippen molar-refractivity contribution in [1.29, 1.82) is 0 Å². The summed E-state index contributed by atoms with van der Waals surface area (Å²) in [4.78, 5) is 12.2. The van der Waals surface area contributed by atoms with Gasteiger partial charge in [0, 0.05) is 25.8 Å². The van der Waals surface area contributed by atoms with Gasteiger partial charge >= 0.3 is 0 Å². The molecule has 0 radical (unpaired) electrons. The molecule has 3 nitrogen and oxygen atoms in total. The highest BCUT2D eigenvalue weighted by atomic mass is 16.1. The first-order chi connectivity index (χ1) is 8.22. The van der Waals surface area contributed by atoms with Crippen LogP contribution in [-0.2, 0) is 4.79 Å².